The van der Waals surface area contributed by atoms with Gasteiger partial charge in [-0.1, -0.05) is 6.07 Å². The van der Waals surface area contributed by atoms with Crippen molar-refractivity contribution in [3.05, 3.63) is 33.9 Å². The molecule has 0 bridgehead atoms. The lowest BCUT2D eigenvalue weighted by molar-refractivity contribution is -0.384. The van der Waals surface area contributed by atoms with Gasteiger partial charge < -0.3 is 25.4 Å². The van der Waals surface area contributed by atoms with Crippen LogP contribution in [0.3, 0.4) is 0 Å². The molecule has 4 atom stereocenters. The lowest BCUT2D eigenvalue weighted by Crippen LogP contribution is -2.55. The van der Waals surface area contributed by atoms with Crippen LogP contribution in [0.5, 0.6) is 0 Å². The van der Waals surface area contributed by atoms with Crippen LogP contribution in [-0.2, 0) is 4.74 Å². The zero-order chi connectivity index (χ0) is 14.9. The largest absolute Gasteiger partial charge is 0.388 e. The first-order chi connectivity index (χ1) is 9.40. The van der Waals surface area contributed by atoms with Crippen molar-refractivity contribution in [3.8, 4) is 0 Å². The van der Waals surface area contributed by atoms with E-state index >= 15 is 0 Å². The summed E-state index contributed by atoms with van der Waals surface area (Å²) in [6.07, 6.45) is -4.78. The second-order valence-electron chi connectivity index (χ2n) is 4.70. The number of anilines is 1. The number of aliphatic hydroxyl groups excluding tert-OH is 3. The van der Waals surface area contributed by atoms with Crippen LogP contribution >= 0.6 is 0 Å². The highest BCUT2D eigenvalue weighted by Gasteiger charge is 2.37. The molecule has 1 saturated heterocycles. The zero-order valence-corrected chi connectivity index (χ0v) is 10.8. The van der Waals surface area contributed by atoms with Crippen molar-refractivity contribution in [2.45, 2.75) is 31.5 Å². The molecule has 0 aliphatic carbocycles. The van der Waals surface area contributed by atoms with E-state index in [2.05, 4.69) is 5.32 Å². The summed E-state index contributed by atoms with van der Waals surface area (Å²) in [7, 11) is 0. The van der Waals surface area contributed by atoms with Crippen molar-refractivity contribution >= 4 is 11.4 Å². The summed E-state index contributed by atoms with van der Waals surface area (Å²) in [6, 6.07) is 4.26. The minimum absolute atomic E-state index is 0.0935. The summed E-state index contributed by atoms with van der Waals surface area (Å²) in [5, 5.41) is 42.3. The molecule has 0 unspecified atom stereocenters. The number of ether oxygens (including phenoxy) is 1. The van der Waals surface area contributed by atoms with Crippen LogP contribution in [0, 0.1) is 17.0 Å². The summed E-state index contributed by atoms with van der Waals surface area (Å²) >= 11 is 0. The fraction of sp³-hybridized carbons (Fsp3) is 0.500. The monoisotopic (exact) mass is 284 g/mol. The molecule has 0 aromatic heterocycles. The molecule has 1 fully saturated rings. The van der Waals surface area contributed by atoms with E-state index in [0.29, 0.717) is 5.69 Å². The number of non-ortho nitro benzene ring substituents is 1. The molecule has 2 rings (SSSR count). The van der Waals surface area contributed by atoms with E-state index in [1.807, 2.05) is 0 Å². The Morgan fingerprint density at radius 2 is 2.05 bits per heavy atom. The van der Waals surface area contributed by atoms with Gasteiger partial charge in [-0.05, 0) is 12.5 Å². The average Bonchev–Trinajstić information content (AvgIpc) is 2.41. The Labute approximate surface area is 114 Å². The number of aliphatic hydroxyl groups is 3. The maximum Gasteiger partial charge on any atom is 0.271 e. The second kappa shape index (κ2) is 5.71. The van der Waals surface area contributed by atoms with Crippen molar-refractivity contribution in [3.63, 3.8) is 0 Å². The number of aryl methyl sites for hydroxylation is 1. The molecule has 8 heteroatoms. The van der Waals surface area contributed by atoms with Gasteiger partial charge in [0.2, 0.25) is 0 Å². The Hall–Kier alpha value is -1.74. The highest BCUT2D eigenvalue weighted by atomic mass is 16.6. The van der Waals surface area contributed by atoms with Crippen LogP contribution in [0.4, 0.5) is 11.4 Å². The Kier molecular flexibility index (Phi) is 4.19. The third-order valence-corrected chi connectivity index (χ3v) is 3.23. The highest BCUT2D eigenvalue weighted by molar-refractivity contribution is 5.57. The topological polar surface area (TPSA) is 125 Å². The van der Waals surface area contributed by atoms with Crippen molar-refractivity contribution < 1.29 is 25.0 Å². The molecule has 110 valence electrons. The summed E-state index contributed by atoms with van der Waals surface area (Å²) in [4.78, 5) is 10.2. The van der Waals surface area contributed by atoms with E-state index in [-0.39, 0.29) is 12.3 Å². The standard InChI is InChI=1S/C12H16N2O6/c1-6-2-3-7(14(18)19)4-8(6)13-12-11(17)10(16)9(15)5-20-12/h2-4,9-13,15-17H,5H2,1H3/t9-,10-,11+,12+/m1/s1. The Bertz CT molecular complexity index is 509. The highest BCUT2D eigenvalue weighted by Crippen LogP contribution is 2.25. The predicted molar refractivity (Wildman–Crippen MR) is 69.2 cm³/mol. The summed E-state index contributed by atoms with van der Waals surface area (Å²) in [5.74, 6) is 0. The molecule has 1 heterocycles. The van der Waals surface area contributed by atoms with Crippen LogP contribution in [0.15, 0.2) is 18.2 Å². The minimum Gasteiger partial charge on any atom is -0.388 e. The first-order valence-corrected chi connectivity index (χ1v) is 6.07. The quantitative estimate of drug-likeness (QED) is 0.445. The number of benzene rings is 1. The molecule has 1 aliphatic rings. The second-order valence-corrected chi connectivity index (χ2v) is 4.70. The number of rotatable bonds is 3. The zero-order valence-electron chi connectivity index (χ0n) is 10.8. The van der Waals surface area contributed by atoms with Crippen molar-refractivity contribution in [1.29, 1.82) is 0 Å². The van der Waals surface area contributed by atoms with Crippen molar-refractivity contribution in [2.75, 3.05) is 11.9 Å². The van der Waals surface area contributed by atoms with Gasteiger partial charge in [0.15, 0.2) is 6.23 Å². The summed E-state index contributed by atoms with van der Waals surface area (Å²) in [6.45, 7) is 1.61. The third-order valence-electron chi connectivity index (χ3n) is 3.23. The van der Waals surface area contributed by atoms with Gasteiger partial charge in [-0.25, -0.2) is 0 Å². The fourth-order valence-electron chi connectivity index (χ4n) is 1.97. The molecule has 1 aromatic carbocycles. The Morgan fingerprint density at radius 1 is 1.35 bits per heavy atom. The number of nitro benzene ring substituents is 1. The molecule has 0 spiro atoms. The van der Waals surface area contributed by atoms with Crippen LogP contribution in [0.2, 0.25) is 0 Å². The van der Waals surface area contributed by atoms with E-state index in [4.69, 9.17) is 4.74 Å². The van der Waals surface area contributed by atoms with Gasteiger partial charge in [0.1, 0.15) is 18.3 Å². The molecule has 20 heavy (non-hydrogen) atoms. The number of nitro groups is 1. The van der Waals surface area contributed by atoms with Gasteiger partial charge in [0.25, 0.3) is 5.69 Å². The molecule has 0 saturated carbocycles. The lowest BCUT2D eigenvalue weighted by Gasteiger charge is -2.36. The van der Waals surface area contributed by atoms with Crippen molar-refractivity contribution in [1.82, 2.24) is 0 Å². The molecular weight excluding hydrogens is 268 g/mol. The number of hydrogen-bond acceptors (Lipinski definition) is 7. The SMILES string of the molecule is Cc1ccc([N+](=O)[O-])cc1N[C@H]1OC[C@@H](O)[C@@H](O)[C@@H]1O. The normalized spacial score (nSPS) is 30.0. The van der Waals surface area contributed by atoms with Gasteiger partial charge in [-0.2, -0.15) is 0 Å². The minimum atomic E-state index is -1.34. The van der Waals surface area contributed by atoms with Gasteiger partial charge in [0, 0.05) is 17.8 Å². The van der Waals surface area contributed by atoms with E-state index in [1.165, 1.54) is 12.1 Å². The molecule has 4 N–H and O–H groups in total. The summed E-state index contributed by atoms with van der Waals surface area (Å²) < 4.78 is 5.19. The van der Waals surface area contributed by atoms with Crippen LogP contribution in [-0.4, -0.2) is 51.4 Å². The smallest absolute Gasteiger partial charge is 0.271 e. The Balaban J connectivity index is 2.17. The predicted octanol–water partition coefficient (Wildman–Crippen LogP) is -0.246. The van der Waals surface area contributed by atoms with Crippen molar-refractivity contribution in [2.24, 2.45) is 0 Å². The third kappa shape index (κ3) is 2.88. The van der Waals surface area contributed by atoms with Crippen LogP contribution < -0.4 is 5.32 Å². The van der Waals surface area contributed by atoms with Gasteiger partial charge in [-0.15, -0.1) is 0 Å². The van der Waals surface area contributed by atoms with Gasteiger partial charge in [0.05, 0.1) is 11.5 Å². The van der Waals surface area contributed by atoms with E-state index < -0.39 is 29.5 Å². The van der Waals surface area contributed by atoms with Gasteiger partial charge in [-0.3, -0.25) is 10.1 Å². The van der Waals surface area contributed by atoms with Gasteiger partial charge >= 0.3 is 0 Å². The van der Waals surface area contributed by atoms with E-state index in [0.717, 1.165) is 5.56 Å². The van der Waals surface area contributed by atoms with Crippen LogP contribution in [0.1, 0.15) is 5.56 Å². The maximum atomic E-state index is 10.7. The lowest BCUT2D eigenvalue weighted by atomic mass is 10.0. The number of nitrogens with one attached hydrogen (secondary N) is 1. The molecule has 8 nitrogen and oxygen atoms in total. The van der Waals surface area contributed by atoms with E-state index in [1.54, 1.807) is 13.0 Å². The fourth-order valence-corrected chi connectivity index (χ4v) is 1.97. The number of nitrogens with zero attached hydrogens (tertiary/aromatic N) is 1. The van der Waals surface area contributed by atoms with E-state index in [9.17, 15) is 25.4 Å². The van der Waals surface area contributed by atoms with Crippen LogP contribution in [0.25, 0.3) is 0 Å². The maximum absolute atomic E-state index is 10.7. The molecule has 1 aromatic rings. The molecule has 0 radical (unpaired) electrons. The molecular formula is C12H16N2O6. The summed E-state index contributed by atoms with van der Waals surface area (Å²) in [5.41, 5.74) is 1.06. The first-order valence-electron chi connectivity index (χ1n) is 6.07. The first kappa shape index (κ1) is 14.7. The molecule has 1 aliphatic heterocycles. The average molecular weight is 284 g/mol. The molecule has 0 amide bonds. The Morgan fingerprint density at radius 3 is 2.70 bits per heavy atom. The number of hydrogen-bond donors (Lipinski definition) is 4.